The quantitative estimate of drug-likeness (QED) is 0.650. The lowest BCUT2D eigenvalue weighted by molar-refractivity contribution is -0.154. The highest BCUT2D eigenvalue weighted by atomic mass is 32.2. The smallest absolute Gasteiger partial charge is 0.422 e. The zero-order valence-electron chi connectivity index (χ0n) is 14.1. The fourth-order valence-corrected chi connectivity index (χ4v) is 2.83. The molecule has 0 fully saturated rings. The Balaban J connectivity index is 1.95. The van der Waals surface area contributed by atoms with Crippen LogP contribution >= 0.6 is 11.8 Å². The molecule has 0 saturated carbocycles. The van der Waals surface area contributed by atoms with Crippen molar-refractivity contribution in [3.05, 3.63) is 42.5 Å². The van der Waals surface area contributed by atoms with Gasteiger partial charge in [0.05, 0.1) is 29.1 Å². The van der Waals surface area contributed by atoms with Crippen LogP contribution in [0.1, 0.15) is 5.69 Å². The molecule has 0 atom stereocenters. The Bertz CT molecular complexity index is 876. The third-order valence-electron chi connectivity index (χ3n) is 3.48. The molecule has 0 spiro atoms. The summed E-state index contributed by atoms with van der Waals surface area (Å²) < 4.78 is 45.2. The number of aromatic nitrogens is 5. The lowest BCUT2D eigenvalue weighted by atomic mass is 10.2. The molecule has 26 heavy (non-hydrogen) atoms. The molecule has 3 heterocycles. The summed E-state index contributed by atoms with van der Waals surface area (Å²) in [5, 5.41) is 8.59. The fourth-order valence-electron chi connectivity index (χ4n) is 2.39. The predicted molar refractivity (Wildman–Crippen MR) is 92.4 cm³/mol. The van der Waals surface area contributed by atoms with Gasteiger partial charge in [-0.2, -0.15) is 18.3 Å². The third kappa shape index (κ3) is 4.18. The molecule has 0 aliphatic heterocycles. The maximum atomic E-state index is 12.4. The van der Waals surface area contributed by atoms with E-state index in [4.69, 9.17) is 4.74 Å². The number of hydrogen-bond donors (Lipinski definition) is 0. The van der Waals surface area contributed by atoms with Crippen LogP contribution in [0.4, 0.5) is 13.2 Å². The Kier molecular flexibility index (Phi) is 5.21. The Morgan fingerprint density at radius 1 is 1.27 bits per heavy atom. The van der Waals surface area contributed by atoms with E-state index >= 15 is 0 Å². The maximum Gasteiger partial charge on any atom is 0.422 e. The molecule has 0 radical (unpaired) electrons. The van der Waals surface area contributed by atoms with E-state index in [2.05, 4.69) is 15.2 Å². The standard InChI is InChI=1S/C16H16F3N5OS/c1-11-13(8-23(21-11)12-4-3-5-20-7-12)14-6-15(22-24(14)10-26-2)25-9-16(17,18)19/h3-8H,9-10H2,1-2H3. The molecule has 10 heteroatoms. The summed E-state index contributed by atoms with van der Waals surface area (Å²) in [6.45, 7) is 0.450. The molecule has 0 unspecified atom stereocenters. The van der Waals surface area contributed by atoms with Gasteiger partial charge in [0.2, 0.25) is 5.88 Å². The summed E-state index contributed by atoms with van der Waals surface area (Å²) in [4.78, 5) is 4.06. The zero-order valence-corrected chi connectivity index (χ0v) is 14.9. The lowest BCUT2D eigenvalue weighted by Gasteiger charge is -2.05. The number of halogens is 3. The summed E-state index contributed by atoms with van der Waals surface area (Å²) in [5.74, 6) is 0.405. The van der Waals surface area contributed by atoms with Crippen molar-refractivity contribution < 1.29 is 17.9 Å². The molecule has 0 aromatic carbocycles. The third-order valence-corrected chi connectivity index (χ3v) is 3.98. The molecule has 3 rings (SSSR count). The van der Waals surface area contributed by atoms with Gasteiger partial charge in [0, 0.05) is 24.0 Å². The van der Waals surface area contributed by atoms with E-state index in [0.717, 1.165) is 16.9 Å². The van der Waals surface area contributed by atoms with Crippen molar-refractivity contribution in [2.75, 3.05) is 12.9 Å². The minimum absolute atomic E-state index is 0.0695. The van der Waals surface area contributed by atoms with Crippen LogP contribution in [0.25, 0.3) is 16.9 Å². The van der Waals surface area contributed by atoms with Crippen LogP contribution in [0.3, 0.4) is 0 Å². The van der Waals surface area contributed by atoms with Gasteiger partial charge < -0.3 is 4.74 Å². The highest BCUT2D eigenvalue weighted by Gasteiger charge is 2.29. The first-order valence-corrected chi connectivity index (χ1v) is 9.00. The van der Waals surface area contributed by atoms with E-state index in [0.29, 0.717) is 11.6 Å². The van der Waals surface area contributed by atoms with Crippen LogP contribution < -0.4 is 4.74 Å². The van der Waals surface area contributed by atoms with Crippen LogP contribution in [0, 0.1) is 6.92 Å². The van der Waals surface area contributed by atoms with Gasteiger partial charge in [0.25, 0.3) is 0 Å². The Morgan fingerprint density at radius 2 is 2.08 bits per heavy atom. The second-order valence-corrected chi connectivity index (χ2v) is 6.31. The Hall–Kier alpha value is -2.49. The van der Waals surface area contributed by atoms with E-state index in [1.165, 1.54) is 17.8 Å². The van der Waals surface area contributed by atoms with Crippen LogP contribution in [0.2, 0.25) is 0 Å². The van der Waals surface area contributed by atoms with Gasteiger partial charge in [-0.1, -0.05) is 0 Å². The molecule has 138 valence electrons. The second kappa shape index (κ2) is 7.40. The molecule has 0 bridgehead atoms. The van der Waals surface area contributed by atoms with Gasteiger partial charge in [0.1, 0.15) is 0 Å². The number of ether oxygens (including phenoxy) is 1. The monoisotopic (exact) mass is 383 g/mol. The van der Waals surface area contributed by atoms with Gasteiger partial charge >= 0.3 is 6.18 Å². The number of alkyl halides is 3. The van der Waals surface area contributed by atoms with Crippen LogP contribution in [0.5, 0.6) is 5.88 Å². The minimum atomic E-state index is -4.41. The molecule has 0 amide bonds. The zero-order chi connectivity index (χ0) is 18.7. The van der Waals surface area contributed by atoms with Crippen LogP contribution in [0.15, 0.2) is 36.8 Å². The molecular weight excluding hydrogens is 367 g/mol. The molecule has 0 aliphatic carbocycles. The summed E-state index contributed by atoms with van der Waals surface area (Å²) in [6, 6.07) is 5.16. The molecule has 0 saturated heterocycles. The average molecular weight is 383 g/mol. The van der Waals surface area contributed by atoms with Gasteiger partial charge in [-0.15, -0.1) is 16.9 Å². The van der Waals surface area contributed by atoms with Gasteiger partial charge in [0.15, 0.2) is 6.61 Å². The molecule has 3 aromatic heterocycles. The van der Waals surface area contributed by atoms with Crippen molar-refractivity contribution in [1.29, 1.82) is 0 Å². The van der Waals surface area contributed by atoms with Crippen molar-refractivity contribution in [1.82, 2.24) is 24.5 Å². The first-order chi connectivity index (χ1) is 12.4. The number of pyridine rings is 1. The summed E-state index contributed by atoms with van der Waals surface area (Å²) in [5.41, 5.74) is 2.91. The number of rotatable bonds is 6. The van der Waals surface area contributed by atoms with Crippen molar-refractivity contribution in [3.8, 4) is 22.8 Å². The molecule has 0 aliphatic rings. The first kappa shape index (κ1) is 18.3. The van der Waals surface area contributed by atoms with E-state index < -0.39 is 12.8 Å². The number of thioether (sulfide) groups is 1. The Morgan fingerprint density at radius 3 is 2.73 bits per heavy atom. The van der Waals surface area contributed by atoms with E-state index in [1.54, 1.807) is 34.0 Å². The SMILES string of the molecule is CSCn1nc(OCC(F)(F)F)cc1-c1cn(-c2cccnc2)nc1C. The summed E-state index contributed by atoms with van der Waals surface area (Å²) >= 11 is 1.50. The van der Waals surface area contributed by atoms with Crippen molar-refractivity contribution in [3.63, 3.8) is 0 Å². The number of aryl methyl sites for hydroxylation is 1. The Labute approximate surface area is 152 Å². The lowest BCUT2D eigenvalue weighted by Crippen LogP contribution is -2.19. The topological polar surface area (TPSA) is 57.8 Å². The number of nitrogens with zero attached hydrogens (tertiary/aromatic N) is 5. The molecule has 3 aromatic rings. The van der Waals surface area contributed by atoms with E-state index in [9.17, 15) is 13.2 Å². The van der Waals surface area contributed by atoms with E-state index in [-0.39, 0.29) is 5.88 Å². The minimum Gasteiger partial charge on any atom is -0.467 e. The van der Waals surface area contributed by atoms with Gasteiger partial charge in [-0.05, 0) is 25.3 Å². The van der Waals surface area contributed by atoms with Crippen LogP contribution in [-0.4, -0.2) is 43.6 Å². The van der Waals surface area contributed by atoms with Crippen molar-refractivity contribution in [2.45, 2.75) is 19.0 Å². The normalized spacial score (nSPS) is 11.7. The van der Waals surface area contributed by atoms with Crippen molar-refractivity contribution in [2.24, 2.45) is 0 Å². The largest absolute Gasteiger partial charge is 0.467 e. The average Bonchev–Trinajstić information content (AvgIpc) is 3.17. The second-order valence-electron chi connectivity index (χ2n) is 5.47. The molecular formula is C16H16F3N5OS. The van der Waals surface area contributed by atoms with Gasteiger partial charge in [-0.3, -0.25) is 9.67 Å². The molecule has 6 nitrogen and oxygen atoms in total. The number of hydrogen-bond acceptors (Lipinski definition) is 5. The highest BCUT2D eigenvalue weighted by molar-refractivity contribution is 7.97. The van der Waals surface area contributed by atoms with Crippen molar-refractivity contribution >= 4 is 11.8 Å². The van der Waals surface area contributed by atoms with Gasteiger partial charge in [-0.25, -0.2) is 4.68 Å². The van der Waals surface area contributed by atoms with Crippen LogP contribution in [-0.2, 0) is 5.88 Å². The summed E-state index contributed by atoms with van der Waals surface area (Å²) in [7, 11) is 0. The maximum absolute atomic E-state index is 12.4. The fraction of sp³-hybridized carbons (Fsp3) is 0.312. The predicted octanol–water partition coefficient (Wildman–Crippen LogP) is 3.70. The first-order valence-electron chi connectivity index (χ1n) is 7.61. The van der Waals surface area contributed by atoms with E-state index in [1.807, 2.05) is 19.2 Å². The molecule has 0 N–H and O–H groups in total. The summed E-state index contributed by atoms with van der Waals surface area (Å²) in [6.07, 6.45) is 2.61. The highest BCUT2D eigenvalue weighted by Crippen LogP contribution is 2.29.